The molecule has 1 saturated heterocycles. The van der Waals surface area contributed by atoms with Crippen molar-refractivity contribution in [1.29, 1.82) is 0 Å². The maximum atomic E-state index is 10.5. The summed E-state index contributed by atoms with van der Waals surface area (Å²) < 4.78 is 0. The molecule has 0 aromatic carbocycles. The van der Waals surface area contributed by atoms with E-state index in [-0.39, 0.29) is 6.42 Å². The Hall–Kier alpha value is -0.940. The minimum Gasteiger partial charge on any atom is -0.481 e. The van der Waals surface area contributed by atoms with Crippen molar-refractivity contribution in [1.82, 2.24) is 9.88 Å². The van der Waals surface area contributed by atoms with Crippen molar-refractivity contribution in [3.8, 4) is 0 Å². The number of likely N-dealkylation sites (N-methyl/N-ethyl adjacent to an activating group) is 1. The lowest BCUT2D eigenvalue weighted by molar-refractivity contribution is -0.136. The van der Waals surface area contributed by atoms with Crippen LogP contribution >= 0.6 is 11.3 Å². The molecule has 0 saturated carbocycles. The smallest absolute Gasteiger partial charge is 0.303 e. The van der Waals surface area contributed by atoms with Gasteiger partial charge in [-0.1, -0.05) is 0 Å². The Kier molecular flexibility index (Phi) is 3.56. The molecule has 0 spiro atoms. The van der Waals surface area contributed by atoms with E-state index < -0.39 is 5.97 Å². The topological polar surface area (TPSA) is 53.4 Å². The molecule has 1 aromatic heterocycles. The first kappa shape index (κ1) is 11.5. The summed E-state index contributed by atoms with van der Waals surface area (Å²) in [6.07, 6.45) is 3.81. The van der Waals surface area contributed by atoms with E-state index in [0.717, 1.165) is 18.0 Å². The molecular weight excluding hydrogens is 224 g/mol. The standard InChI is InChI=1S/C11H16N2O2S/c1-13-5-4-8(7-13)11-12-6-9(16-11)2-3-10(14)15/h6,8H,2-5,7H2,1H3,(H,14,15). The molecule has 16 heavy (non-hydrogen) atoms. The molecule has 1 aliphatic heterocycles. The molecular formula is C11H16N2O2S. The molecule has 1 aliphatic rings. The zero-order valence-corrected chi connectivity index (χ0v) is 10.2. The van der Waals surface area contributed by atoms with Crippen molar-refractivity contribution in [3.63, 3.8) is 0 Å². The number of rotatable bonds is 4. The Morgan fingerprint density at radius 1 is 1.75 bits per heavy atom. The van der Waals surface area contributed by atoms with Gasteiger partial charge >= 0.3 is 5.97 Å². The van der Waals surface area contributed by atoms with Crippen LogP contribution in [0.3, 0.4) is 0 Å². The van der Waals surface area contributed by atoms with E-state index in [0.29, 0.717) is 12.3 Å². The monoisotopic (exact) mass is 240 g/mol. The molecule has 2 heterocycles. The SMILES string of the molecule is CN1CCC(c2ncc(CCC(=O)O)s2)C1. The molecule has 4 nitrogen and oxygen atoms in total. The number of hydrogen-bond acceptors (Lipinski definition) is 4. The molecule has 0 radical (unpaired) electrons. The number of hydrogen-bond donors (Lipinski definition) is 1. The van der Waals surface area contributed by atoms with Crippen LogP contribution in [0.25, 0.3) is 0 Å². The zero-order valence-electron chi connectivity index (χ0n) is 9.35. The second kappa shape index (κ2) is 4.93. The van der Waals surface area contributed by atoms with Crippen LogP contribution in [0.15, 0.2) is 6.20 Å². The van der Waals surface area contributed by atoms with Crippen LogP contribution in [0.1, 0.15) is 28.6 Å². The zero-order chi connectivity index (χ0) is 11.5. The number of aryl methyl sites for hydroxylation is 1. The molecule has 1 aromatic rings. The Balaban J connectivity index is 1.94. The van der Waals surface area contributed by atoms with Crippen molar-refractivity contribution < 1.29 is 9.90 Å². The highest BCUT2D eigenvalue weighted by molar-refractivity contribution is 7.11. The highest BCUT2D eigenvalue weighted by Crippen LogP contribution is 2.29. The summed E-state index contributed by atoms with van der Waals surface area (Å²) in [4.78, 5) is 18.3. The average Bonchev–Trinajstić information content (AvgIpc) is 2.83. The van der Waals surface area contributed by atoms with Crippen LogP contribution in [0.5, 0.6) is 0 Å². The van der Waals surface area contributed by atoms with E-state index >= 15 is 0 Å². The van der Waals surface area contributed by atoms with Crippen molar-refractivity contribution >= 4 is 17.3 Å². The fourth-order valence-corrected chi connectivity index (χ4v) is 3.04. The fourth-order valence-electron chi connectivity index (χ4n) is 1.99. The molecule has 5 heteroatoms. The maximum Gasteiger partial charge on any atom is 0.303 e. The van der Waals surface area contributed by atoms with E-state index in [1.165, 1.54) is 11.4 Å². The van der Waals surface area contributed by atoms with Gasteiger partial charge in [0.25, 0.3) is 0 Å². The van der Waals surface area contributed by atoms with Crippen molar-refractivity contribution in [2.75, 3.05) is 20.1 Å². The Bertz CT molecular complexity index is 378. The van der Waals surface area contributed by atoms with Gasteiger partial charge in [0.05, 0.1) is 11.4 Å². The summed E-state index contributed by atoms with van der Waals surface area (Å²) in [6.45, 7) is 2.21. The second-order valence-electron chi connectivity index (χ2n) is 4.31. The fraction of sp³-hybridized carbons (Fsp3) is 0.636. The van der Waals surface area contributed by atoms with Crippen LogP contribution in [0.2, 0.25) is 0 Å². The molecule has 0 amide bonds. The van der Waals surface area contributed by atoms with Crippen LogP contribution in [0.4, 0.5) is 0 Å². The number of likely N-dealkylation sites (tertiary alicyclic amines) is 1. The van der Waals surface area contributed by atoms with E-state index in [9.17, 15) is 4.79 Å². The predicted octanol–water partition coefficient (Wildman–Crippen LogP) is 1.58. The van der Waals surface area contributed by atoms with Gasteiger partial charge in [0.2, 0.25) is 0 Å². The Labute approximate surface area is 98.9 Å². The van der Waals surface area contributed by atoms with Gasteiger partial charge in [-0.15, -0.1) is 11.3 Å². The lowest BCUT2D eigenvalue weighted by Crippen LogP contribution is -2.13. The van der Waals surface area contributed by atoms with Gasteiger partial charge in [-0.05, 0) is 26.4 Å². The number of carboxylic acids is 1. The highest BCUT2D eigenvalue weighted by atomic mass is 32.1. The van der Waals surface area contributed by atoms with Gasteiger partial charge < -0.3 is 10.0 Å². The molecule has 0 aliphatic carbocycles. The number of thiazole rings is 1. The molecule has 1 fully saturated rings. The minimum atomic E-state index is -0.740. The van der Waals surface area contributed by atoms with Crippen LogP contribution < -0.4 is 0 Å². The summed E-state index contributed by atoms with van der Waals surface area (Å²) >= 11 is 1.67. The first-order valence-electron chi connectivity index (χ1n) is 5.50. The van der Waals surface area contributed by atoms with Crippen LogP contribution in [-0.4, -0.2) is 41.1 Å². The number of aromatic nitrogens is 1. The van der Waals surface area contributed by atoms with Gasteiger partial charge in [-0.25, -0.2) is 4.98 Å². The maximum absolute atomic E-state index is 10.5. The third-order valence-corrected chi connectivity index (χ3v) is 4.12. The largest absolute Gasteiger partial charge is 0.481 e. The molecule has 0 bridgehead atoms. The summed E-state index contributed by atoms with van der Waals surface area (Å²) in [5.41, 5.74) is 0. The van der Waals surface area contributed by atoms with E-state index in [1.807, 2.05) is 6.20 Å². The van der Waals surface area contributed by atoms with E-state index in [1.54, 1.807) is 11.3 Å². The third-order valence-electron chi connectivity index (χ3n) is 2.90. The number of aliphatic carboxylic acids is 1. The minimum absolute atomic E-state index is 0.201. The van der Waals surface area contributed by atoms with Crippen molar-refractivity contribution in [3.05, 3.63) is 16.1 Å². The predicted molar refractivity (Wildman–Crippen MR) is 62.9 cm³/mol. The summed E-state index contributed by atoms with van der Waals surface area (Å²) in [5, 5.41) is 9.78. The van der Waals surface area contributed by atoms with Crippen LogP contribution in [-0.2, 0) is 11.2 Å². The lowest BCUT2D eigenvalue weighted by Gasteiger charge is -2.06. The van der Waals surface area contributed by atoms with Gasteiger partial charge in [-0.2, -0.15) is 0 Å². The van der Waals surface area contributed by atoms with Gasteiger partial charge in [0, 0.05) is 23.5 Å². The molecule has 2 rings (SSSR count). The normalized spacial score (nSPS) is 21.4. The second-order valence-corrected chi connectivity index (χ2v) is 5.45. The quantitative estimate of drug-likeness (QED) is 0.868. The first-order chi connectivity index (χ1) is 7.65. The van der Waals surface area contributed by atoms with Crippen LogP contribution in [0, 0.1) is 0 Å². The lowest BCUT2D eigenvalue weighted by atomic mass is 10.1. The van der Waals surface area contributed by atoms with Crippen molar-refractivity contribution in [2.45, 2.75) is 25.2 Å². The third kappa shape index (κ3) is 2.80. The van der Waals surface area contributed by atoms with E-state index in [2.05, 4.69) is 16.9 Å². The molecule has 1 N–H and O–H groups in total. The van der Waals surface area contributed by atoms with Gasteiger partial charge in [0.1, 0.15) is 0 Å². The Morgan fingerprint density at radius 2 is 2.56 bits per heavy atom. The van der Waals surface area contributed by atoms with E-state index in [4.69, 9.17) is 5.11 Å². The summed E-state index contributed by atoms with van der Waals surface area (Å²) in [5.74, 6) is -0.191. The summed E-state index contributed by atoms with van der Waals surface area (Å²) in [6, 6.07) is 0. The molecule has 88 valence electrons. The van der Waals surface area contributed by atoms with Gasteiger partial charge in [0.15, 0.2) is 0 Å². The highest BCUT2D eigenvalue weighted by Gasteiger charge is 2.23. The Morgan fingerprint density at radius 3 is 3.19 bits per heavy atom. The van der Waals surface area contributed by atoms with Gasteiger partial charge in [-0.3, -0.25) is 4.79 Å². The summed E-state index contributed by atoms with van der Waals surface area (Å²) in [7, 11) is 2.12. The van der Waals surface area contributed by atoms with Crippen molar-refractivity contribution in [2.24, 2.45) is 0 Å². The molecule has 1 unspecified atom stereocenters. The number of nitrogens with zero attached hydrogens (tertiary/aromatic N) is 2. The number of carbonyl (C=O) groups is 1. The number of carboxylic acid groups (broad SMARTS) is 1. The first-order valence-corrected chi connectivity index (χ1v) is 6.31. The average molecular weight is 240 g/mol. The molecule has 1 atom stereocenters.